The van der Waals surface area contributed by atoms with Crippen LogP contribution < -0.4 is 0 Å². The summed E-state index contributed by atoms with van der Waals surface area (Å²) >= 11 is 10.8. The lowest BCUT2D eigenvalue weighted by Crippen LogP contribution is -2.47. The summed E-state index contributed by atoms with van der Waals surface area (Å²) in [5.74, 6) is -1.79. The number of alkyl halides is 2. The second-order valence-electron chi connectivity index (χ2n) is 2.74. The van der Waals surface area contributed by atoms with E-state index in [1.807, 2.05) is 0 Å². The fraction of sp³-hybridized carbons (Fsp3) is 0.571. The first-order valence-corrected chi connectivity index (χ1v) is 6.22. The third-order valence-corrected chi connectivity index (χ3v) is 4.52. The Hall–Kier alpha value is -0.300. The van der Waals surface area contributed by atoms with Gasteiger partial charge in [-0.25, -0.2) is 4.79 Å². The van der Waals surface area contributed by atoms with E-state index in [2.05, 4.69) is 11.3 Å². The van der Waals surface area contributed by atoms with Gasteiger partial charge in [-0.1, -0.05) is 6.58 Å². The molecule has 0 heterocycles. The number of rotatable bonds is 6. The van der Waals surface area contributed by atoms with Crippen LogP contribution in [0.15, 0.2) is 12.7 Å². The van der Waals surface area contributed by atoms with Gasteiger partial charge in [-0.05, 0) is 0 Å². The van der Waals surface area contributed by atoms with Crippen molar-refractivity contribution in [3.8, 4) is 0 Å². The summed E-state index contributed by atoms with van der Waals surface area (Å²) in [4.78, 5) is 10.7. The molecule has 0 rings (SSSR count). The maximum atomic E-state index is 11.0. The molecule has 0 bridgehead atoms. The smallest absolute Gasteiger partial charge is 0.330 e. The Morgan fingerprint density at radius 2 is 1.93 bits per heavy atom. The largest absolute Gasteiger partial charge is 0.461 e. The first-order valence-electron chi connectivity index (χ1n) is 3.71. The molecule has 0 saturated heterocycles. The second kappa shape index (κ2) is 5.69. The molecular formula is C7H10Cl2O5S. The van der Waals surface area contributed by atoms with Crippen molar-refractivity contribution >= 4 is 39.3 Å². The molecule has 0 aliphatic heterocycles. The van der Waals surface area contributed by atoms with Crippen molar-refractivity contribution in [1.29, 1.82) is 0 Å². The topological polar surface area (TPSA) is 80.7 Å². The van der Waals surface area contributed by atoms with Gasteiger partial charge >= 0.3 is 5.97 Å². The van der Waals surface area contributed by atoms with Gasteiger partial charge in [0.1, 0.15) is 6.61 Å². The lowest BCUT2D eigenvalue weighted by atomic mass is 10.2. The highest BCUT2D eigenvalue weighted by molar-refractivity contribution is 7.87. The summed E-state index contributed by atoms with van der Waals surface area (Å²) in [7, 11) is -4.51. The fourth-order valence-corrected chi connectivity index (χ4v) is 2.34. The molecular weight excluding hydrogens is 267 g/mol. The van der Waals surface area contributed by atoms with Crippen molar-refractivity contribution in [3.05, 3.63) is 12.7 Å². The zero-order valence-corrected chi connectivity index (χ0v) is 9.98. The van der Waals surface area contributed by atoms with Gasteiger partial charge in [-0.2, -0.15) is 8.42 Å². The van der Waals surface area contributed by atoms with Crippen LogP contribution in [0.25, 0.3) is 0 Å². The predicted molar refractivity (Wildman–Crippen MR) is 56.9 cm³/mol. The Bertz CT molecular complexity index is 333. The van der Waals surface area contributed by atoms with Crippen molar-refractivity contribution in [2.24, 2.45) is 0 Å². The number of hydrogen-bond donors (Lipinski definition) is 1. The molecule has 0 saturated carbocycles. The van der Waals surface area contributed by atoms with Crippen molar-refractivity contribution in [1.82, 2.24) is 0 Å². The highest BCUT2D eigenvalue weighted by Gasteiger charge is 2.43. The van der Waals surface area contributed by atoms with Crippen LogP contribution in [-0.2, 0) is 19.6 Å². The van der Waals surface area contributed by atoms with E-state index in [1.165, 1.54) is 0 Å². The minimum atomic E-state index is -4.51. The van der Waals surface area contributed by atoms with Crippen molar-refractivity contribution in [3.63, 3.8) is 0 Å². The van der Waals surface area contributed by atoms with Gasteiger partial charge in [0.05, 0.1) is 0 Å². The summed E-state index contributed by atoms with van der Waals surface area (Å²) in [6, 6.07) is 0. The van der Waals surface area contributed by atoms with Crippen LogP contribution in [0, 0.1) is 0 Å². The van der Waals surface area contributed by atoms with Crippen LogP contribution in [0.1, 0.15) is 0 Å². The van der Waals surface area contributed by atoms with Gasteiger partial charge in [-0.3, -0.25) is 4.55 Å². The standard InChI is InChI=1S/C7H10Cl2O5S/c1-2-6(10)14-5-7(3-8,4-9)15(11,12)13/h2H,1,3-5H2,(H,11,12,13). The molecule has 0 aliphatic carbocycles. The number of carbonyl (C=O) groups is 1. The van der Waals surface area contributed by atoms with Crippen LogP contribution in [0.2, 0.25) is 0 Å². The van der Waals surface area contributed by atoms with Crippen LogP contribution in [0.3, 0.4) is 0 Å². The summed E-state index contributed by atoms with van der Waals surface area (Å²) < 4.78 is 33.5. The highest BCUT2D eigenvalue weighted by atomic mass is 35.5. The van der Waals surface area contributed by atoms with Gasteiger partial charge in [0.25, 0.3) is 10.1 Å². The minimum Gasteiger partial charge on any atom is -0.461 e. The highest BCUT2D eigenvalue weighted by Crippen LogP contribution is 2.21. The molecule has 0 aromatic carbocycles. The van der Waals surface area contributed by atoms with E-state index in [4.69, 9.17) is 27.8 Å². The molecule has 5 nitrogen and oxygen atoms in total. The van der Waals surface area contributed by atoms with Crippen molar-refractivity contribution in [2.45, 2.75) is 4.75 Å². The van der Waals surface area contributed by atoms with Crippen molar-refractivity contribution < 1.29 is 22.5 Å². The average molecular weight is 277 g/mol. The van der Waals surface area contributed by atoms with Gasteiger partial charge in [0.15, 0.2) is 4.75 Å². The van der Waals surface area contributed by atoms with E-state index in [1.54, 1.807) is 0 Å². The van der Waals surface area contributed by atoms with Gasteiger partial charge in [0.2, 0.25) is 0 Å². The lowest BCUT2D eigenvalue weighted by molar-refractivity contribution is -0.138. The molecule has 0 unspecified atom stereocenters. The summed E-state index contributed by atoms with van der Waals surface area (Å²) in [5.41, 5.74) is 0. The number of ether oxygens (including phenoxy) is 1. The molecule has 8 heteroatoms. The average Bonchev–Trinajstić information content (AvgIpc) is 2.17. The molecule has 0 aliphatic rings. The molecule has 0 aromatic heterocycles. The molecule has 1 N–H and O–H groups in total. The minimum absolute atomic E-state index is 0.486. The lowest BCUT2D eigenvalue weighted by Gasteiger charge is -2.24. The van der Waals surface area contributed by atoms with Crippen LogP contribution in [0.4, 0.5) is 0 Å². The summed E-state index contributed by atoms with van der Waals surface area (Å²) in [5, 5.41) is 0. The third-order valence-electron chi connectivity index (χ3n) is 1.68. The van der Waals surface area contributed by atoms with Gasteiger partial charge < -0.3 is 4.74 Å². The molecule has 0 amide bonds. The quantitative estimate of drug-likeness (QED) is 0.336. The van der Waals surface area contributed by atoms with Crippen molar-refractivity contribution in [2.75, 3.05) is 18.4 Å². The number of carbonyl (C=O) groups excluding carboxylic acids is 1. The Kier molecular flexibility index (Phi) is 5.58. The third kappa shape index (κ3) is 3.64. The van der Waals surface area contributed by atoms with E-state index in [-0.39, 0.29) is 0 Å². The molecule has 0 aromatic rings. The van der Waals surface area contributed by atoms with E-state index < -0.39 is 39.2 Å². The first kappa shape index (κ1) is 14.7. The molecule has 0 atom stereocenters. The van der Waals surface area contributed by atoms with E-state index in [0.717, 1.165) is 6.08 Å². The fourth-order valence-electron chi connectivity index (χ4n) is 0.587. The SMILES string of the molecule is C=CC(=O)OCC(CCl)(CCl)S(=O)(=O)O. The van der Waals surface area contributed by atoms with Crippen LogP contribution >= 0.6 is 23.2 Å². The molecule has 88 valence electrons. The van der Waals surface area contributed by atoms with E-state index in [0.29, 0.717) is 0 Å². The monoisotopic (exact) mass is 276 g/mol. The summed E-state index contributed by atoms with van der Waals surface area (Å²) in [6.07, 6.45) is 0.858. The zero-order chi connectivity index (χ0) is 12.1. The number of hydrogen-bond acceptors (Lipinski definition) is 4. The number of halogens is 2. The van der Waals surface area contributed by atoms with Gasteiger partial charge in [-0.15, -0.1) is 23.2 Å². The molecule has 0 spiro atoms. The van der Waals surface area contributed by atoms with Crippen LogP contribution in [-0.4, -0.2) is 42.1 Å². The summed E-state index contributed by atoms with van der Waals surface area (Å²) in [6.45, 7) is 2.50. The second-order valence-corrected chi connectivity index (χ2v) is 5.09. The predicted octanol–water partition coefficient (Wildman–Crippen LogP) is 0.820. The van der Waals surface area contributed by atoms with E-state index >= 15 is 0 Å². The van der Waals surface area contributed by atoms with E-state index in [9.17, 15) is 13.2 Å². The number of esters is 1. The Morgan fingerprint density at radius 1 is 1.47 bits per heavy atom. The Labute approximate surface area is 97.7 Å². The molecule has 15 heavy (non-hydrogen) atoms. The maximum absolute atomic E-state index is 11.0. The van der Waals surface area contributed by atoms with Crippen LogP contribution in [0.5, 0.6) is 0 Å². The molecule has 0 fully saturated rings. The zero-order valence-electron chi connectivity index (χ0n) is 7.65. The van der Waals surface area contributed by atoms with Gasteiger partial charge in [0, 0.05) is 17.8 Å². The first-order chi connectivity index (χ1) is 6.83. The maximum Gasteiger partial charge on any atom is 0.330 e. The Balaban J connectivity index is 4.82. The Morgan fingerprint density at radius 3 is 2.20 bits per heavy atom. The normalized spacial score (nSPS) is 12.2. The molecule has 0 radical (unpaired) electrons.